The van der Waals surface area contributed by atoms with Gasteiger partial charge in [-0.2, -0.15) is 0 Å². The molecule has 0 aliphatic carbocycles. The van der Waals surface area contributed by atoms with Gasteiger partial charge in [0.1, 0.15) is 5.75 Å². The van der Waals surface area contributed by atoms with E-state index in [4.69, 9.17) is 11.6 Å². The van der Waals surface area contributed by atoms with Crippen LogP contribution in [0.25, 0.3) is 10.8 Å². The Kier molecular flexibility index (Phi) is 3.75. The van der Waals surface area contributed by atoms with E-state index in [1.165, 1.54) is 11.1 Å². The van der Waals surface area contributed by atoms with Crippen molar-refractivity contribution in [3.05, 3.63) is 35.4 Å². The first-order chi connectivity index (χ1) is 10.0. The van der Waals surface area contributed by atoms with Crippen LogP contribution in [0.3, 0.4) is 0 Å². The lowest BCUT2D eigenvalue weighted by Crippen LogP contribution is -2.14. The lowest BCUT2D eigenvalue weighted by Gasteiger charge is -2.18. The van der Waals surface area contributed by atoms with Gasteiger partial charge in [0.2, 0.25) is 0 Å². The summed E-state index contributed by atoms with van der Waals surface area (Å²) in [7, 11) is 0. The summed E-state index contributed by atoms with van der Waals surface area (Å²) in [5, 5.41) is 15.9. The maximum Gasteiger partial charge on any atom is 0.125 e. The zero-order valence-electron chi connectivity index (χ0n) is 12.8. The van der Waals surface area contributed by atoms with E-state index in [9.17, 15) is 5.11 Å². The molecule has 2 aromatic carbocycles. The van der Waals surface area contributed by atoms with E-state index in [1.807, 2.05) is 12.1 Å². The van der Waals surface area contributed by atoms with E-state index in [0.29, 0.717) is 17.6 Å². The van der Waals surface area contributed by atoms with Crippen LogP contribution in [0.1, 0.15) is 50.2 Å². The van der Waals surface area contributed by atoms with E-state index in [-0.39, 0.29) is 5.38 Å². The first-order valence-corrected chi connectivity index (χ1v) is 8.14. The number of fused-ring (bicyclic) bond motifs is 3. The number of phenols is 1. The predicted octanol–water partition coefficient (Wildman–Crippen LogP) is 5.20. The van der Waals surface area contributed by atoms with Crippen molar-refractivity contribution in [3.8, 4) is 5.75 Å². The molecule has 3 heteroatoms. The SMILES string of the molecule is CC[C@@H](Cl)[C@@H]1CNc2cc(O)c3ccc(C(C)C)cc3c21. The molecular formula is C18H22ClNO. The molecule has 0 unspecified atom stereocenters. The van der Waals surface area contributed by atoms with Crippen LogP contribution in [-0.4, -0.2) is 17.0 Å². The van der Waals surface area contributed by atoms with Crippen LogP contribution >= 0.6 is 11.6 Å². The van der Waals surface area contributed by atoms with E-state index in [2.05, 4.69) is 38.2 Å². The van der Waals surface area contributed by atoms with Crippen LogP contribution < -0.4 is 5.32 Å². The molecule has 0 fully saturated rings. The summed E-state index contributed by atoms with van der Waals surface area (Å²) in [5.74, 6) is 1.12. The van der Waals surface area contributed by atoms with E-state index < -0.39 is 0 Å². The van der Waals surface area contributed by atoms with Gasteiger partial charge in [0, 0.05) is 35.0 Å². The van der Waals surface area contributed by atoms with E-state index >= 15 is 0 Å². The average Bonchev–Trinajstić information content (AvgIpc) is 2.89. The Hall–Kier alpha value is -1.41. The number of halogens is 1. The highest BCUT2D eigenvalue weighted by atomic mass is 35.5. The van der Waals surface area contributed by atoms with Crippen molar-refractivity contribution >= 4 is 28.1 Å². The normalized spacial score (nSPS) is 18.8. The van der Waals surface area contributed by atoms with Crippen molar-refractivity contribution in [2.45, 2.75) is 44.4 Å². The first kappa shape index (κ1) is 14.5. The predicted molar refractivity (Wildman–Crippen MR) is 90.9 cm³/mol. The molecule has 0 bridgehead atoms. The van der Waals surface area contributed by atoms with Crippen molar-refractivity contribution in [3.63, 3.8) is 0 Å². The van der Waals surface area contributed by atoms with Crippen molar-refractivity contribution < 1.29 is 5.11 Å². The number of rotatable bonds is 3. The molecule has 2 nitrogen and oxygen atoms in total. The summed E-state index contributed by atoms with van der Waals surface area (Å²) in [6, 6.07) is 8.20. The molecule has 2 atom stereocenters. The van der Waals surface area contributed by atoms with Gasteiger partial charge in [-0.3, -0.25) is 0 Å². The monoisotopic (exact) mass is 303 g/mol. The topological polar surface area (TPSA) is 32.3 Å². The van der Waals surface area contributed by atoms with Gasteiger partial charge >= 0.3 is 0 Å². The van der Waals surface area contributed by atoms with Crippen molar-refractivity contribution in [1.29, 1.82) is 0 Å². The van der Waals surface area contributed by atoms with Gasteiger partial charge in [-0.1, -0.05) is 39.0 Å². The second-order valence-corrected chi connectivity index (χ2v) is 6.79. The summed E-state index contributed by atoms with van der Waals surface area (Å²) < 4.78 is 0. The first-order valence-electron chi connectivity index (χ1n) is 7.70. The van der Waals surface area contributed by atoms with Gasteiger partial charge in [-0.25, -0.2) is 0 Å². The molecule has 0 saturated carbocycles. The number of hydrogen-bond donors (Lipinski definition) is 2. The number of hydrogen-bond acceptors (Lipinski definition) is 2. The van der Waals surface area contributed by atoms with Crippen molar-refractivity contribution in [1.82, 2.24) is 0 Å². The molecule has 2 aromatic rings. The van der Waals surface area contributed by atoms with E-state index in [1.54, 1.807) is 0 Å². The largest absolute Gasteiger partial charge is 0.507 e. The van der Waals surface area contributed by atoms with Crippen LogP contribution in [0.4, 0.5) is 5.69 Å². The molecule has 1 aliphatic rings. The summed E-state index contributed by atoms with van der Waals surface area (Å²) in [6.07, 6.45) is 0.944. The standard InChI is InChI=1S/C18H22ClNO/c1-4-15(19)14-9-20-16-8-17(21)12-6-5-11(10(2)3)7-13(12)18(14)16/h5-8,10,14-15,20-21H,4,9H2,1-3H3/t14-,15+/m0/s1. The summed E-state index contributed by atoms with van der Waals surface area (Å²) in [4.78, 5) is 0. The van der Waals surface area contributed by atoms with Crippen LogP contribution in [0, 0.1) is 0 Å². The average molecular weight is 304 g/mol. The number of alkyl halides is 1. The third-order valence-electron chi connectivity index (χ3n) is 4.56. The molecule has 3 rings (SSSR count). The summed E-state index contributed by atoms with van der Waals surface area (Å²) in [5.41, 5.74) is 3.60. The lowest BCUT2D eigenvalue weighted by atomic mass is 9.89. The zero-order valence-corrected chi connectivity index (χ0v) is 13.5. The number of nitrogens with one attached hydrogen (secondary N) is 1. The Balaban J connectivity index is 2.26. The Labute approximate surface area is 131 Å². The third-order valence-corrected chi connectivity index (χ3v) is 5.17. The van der Waals surface area contributed by atoms with Gasteiger partial charge in [-0.15, -0.1) is 11.6 Å². The van der Waals surface area contributed by atoms with Crippen LogP contribution in [0.2, 0.25) is 0 Å². The fourth-order valence-corrected chi connectivity index (χ4v) is 3.48. The minimum Gasteiger partial charge on any atom is -0.507 e. The molecule has 0 aromatic heterocycles. The maximum atomic E-state index is 10.3. The quantitative estimate of drug-likeness (QED) is 0.764. The van der Waals surface area contributed by atoms with Gasteiger partial charge < -0.3 is 10.4 Å². The summed E-state index contributed by atoms with van der Waals surface area (Å²) >= 11 is 6.54. The lowest BCUT2D eigenvalue weighted by molar-refractivity contribution is 0.482. The second-order valence-electron chi connectivity index (χ2n) is 6.23. The highest BCUT2D eigenvalue weighted by Gasteiger charge is 2.30. The maximum absolute atomic E-state index is 10.3. The van der Waals surface area contributed by atoms with Crippen molar-refractivity contribution in [2.75, 3.05) is 11.9 Å². The smallest absolute Gasteiger partial charge is 0.125 e. The van der Waals surface area contributed by atoms with Gasteiger partial charge in [-0.05, 0) is 28.9 Å². The van der Waals surface area contributed by atoms with Crippen LogP contribution in [-0.2, 0) is 0 Å². The third kappa shape index (κ3) is 2.36. The molecule has 0 saturated heterocycles. The molecule has 21 heavy (non-hydrogen) atoms. The Bertz CT molecular complexity index is 680. The van der Waals surface area contributed by atoms with Crippen LogP contribution in [0.15, 0.2) is 24.3 Å². The zero-order chi connectivity index (χ0) is 15.1. The molecule has 0 amide bonds. The molecule has 0 radical (unpaired) electrons. The van der Waals surface area contributed by atoms with Crippen molar-refractivity contribution in [2.24, 2.45) is 0 Å². The minimum atomic E-state index is 0.120. The number of phenolic OH excluding ortho intramolecular Hbond substituents is 1. The fourth-order valence-electron chi connectivity index (χ4n) is 3.27. The molecule has 1 aliphatic heterocycles. The highest BCUT2D eigenvalue weighted by Crippen LogP contribution is 2.45. The van der Waals surface area contributed by atoms with E-state index in [0.717, 1.165) is 29.4 Å². The summed E-state index contributed by atoms with van der Waals surface area (Å²) in [6.45, 7) is 7.35. The fraction of sp³-hybridized carbons (Fsp3) is 0.444. The Morgan fingerprint density at radius 1 is 1.29 bits per heavy atom. The molecule has 112 valence electrons. The van der Waals surface area contributed by atoms with Gasteiger partial charge in [0.05, 0.1) is 0 Å². The minimum absolute atomic E-state index is 0.120. The molecule has 2 N–H and O–H groups in total. The molecule has 1 heterocycles. The van der Waals surface area contributed by atoms with Gasteiger partial charge in [0.15, 0.2) is 0 Å². The number of benzene rings is 2. The Morgan fingerprint density at radius 2 is 2.05 bits per heavy atom. The number of anilines is 1. The van der Waals surface area contributed by atoms with Gasteiger partial charge in [0.25, 0.3) is 0 Å². The Morgan fingerprint density at radius 3 is 2.71 bits per heavy atom. The second kappa shape index (κ2) is 5.42. The highest BCUT2D eigenvalue weighted by molar-refractivity contribution is 6.21. The number of aromatic hydroxyl groups is 1. The van der Waals surface area contributed by atoms with Crippen LogP contribution in [0.5, 0.6) is 5.75 Å². The molecule has 0 spiro atoms. The molecular weight excluding hydrogens is 282 g/mol.